The lowest BCUT2D eigenvalue weighted by Gasteiger charge is -2.02. The molecular formula is C12H8Br2N4OS. The van der Waals surface area contributed by atoms with E-state index in [-0.39, 0.29) is 5.91 Å². The maximum atomic E-state index is 12.0. The molecule has 0 atom stereocenters. The van der Waals surface area contributed by atoms with Crippen LogP contribution < -0.4 is 5.32 Å². The lowest BCUT2D eigenvalue weighted by molar-refractivity contribution is 0.0954. The molecule has 0 aromatic carbocycles. The lowest BCUT2D eigenvalue weighted by atomic mass is 10.4. The summed E-state index contributed by atoms with van der Waals surface area (Å²) in [7, 11) is 0. The van der Waals surface area contributed by atoms with Crippen LogP contribution in [-0.2, 0) is 6.54 Å². The Morgan fingerprint density at radius 2 is 2.20 bits per heavy atom. The number of rotatable bonds is 3. The number of pyridine rings is 1. The van der Waals surface area contributed by atoms with Crippen LogP contribution in [0.3, 0.4) is 0 Å². The van der Waals surface area contributed by atoms with E-state index in [4.69, 9.17) is 0 Å². The van der Waals surface area contributed by atoms with Crippen LogP contribution in [0, 0.1) is 0 Å². The van der Waals surface area contributed by atoms with Crippen molar-refractivity contribution in [1.82, 2.24) is 19.9 Å². The Morgan fingerprint density at radius 1 is 1.35 bits per heavy atom. The Labute approximate surface area is 135 Å². The van der Waals surface area contributed by atoms with Gasteiger partial charge in [-0.2, -0.15) is 0 Å². The number of halogens is 2. The summed E-state index contributed by atoms with van der Waals surface area (Å²) < 4.78 is 3.62. The van der Waals surface area contributed by atoms with Gasteiger partial charge in [-0.25, -0.2) is 0 Å². The minimum atomic E-state index is -0.130. The van der Waals surface area contributed by atoms with Gasteiger partial charge in [0.2, 0.25) is 0 Å². The van der Waals surface area contributed by atoms with E-state index in [1.807, 2.05) is 28.8 Å². The monoisotopic (exact) mass is 414 g/mol. The minimum absolute atomic E-state index is 0.130. The molecule has 1 N–H and O–H groups in total. The molecule has 3 rings (SSSR count). The first kappa shape index (κ1) is 13.7. The van der Waals surface area contributed by atoms with Gasteiger partial charge in [0.15, 0.2) is 11.5 Å². The van der Waals surface area contributed by atoms with Crippen molar-refractivity contribution in [2.24, 2.45) is 0 Å². The van der Waals surface area contributed by atoms with Crippen molar-refractivity contribution >= 4 is 54.8 Å². The van der Waals surface area contributed by atoms with E-state index in [2.05, 4.69) is 47.4 Å². The van der Waals surface area contributed by atoms with Gasteiger partial charge in [-0.15, -0.1) is 21.5 Å². The molecule has 3 aromatic rings. The molecule has 5 nitrogen and oxygen atoms in total. The lowest BCUT2D eigenvalue weighted by Crippen LogP contribution is -2.23. The second-order valence-corrected chi connectivity index (χ2v) is 7.18. The highest BCUT2D eigenvalue weighted by molar-refractivity contribution is 9.13. The summed E-state index contributed by atoms with van der Waals surface area (Å²) in [6, 6.07) is 7.44. The van der Waals surface area contributed by atoms with Crippen molar-refractivity contribution in [2.75, 3.05) is 0 Å². The zero-order valence-electron chi connectivity index (χ0n) is 10.0. The fraction of sp³-hybridized carbons (Fsp3) is 0.0833. The van der Waals surface area contributed by atoms with E-state index in [1.165, 1.54) is 11.3 Å². The van der Waals surface area contributed by atoms with Crippen LogP contribution in [0.15, 0.2) is 38.7 Å². The van der Waals surface area contributed by atoms with Crippen LogP contribution in [0.4, 0.5) is 0 Å². The molecular weight excluding hydrogens is 408 g/mol. The quantitative estimate of drug-likeness (QED) is 0.714. The number of hydrogen-bond acceptors (Lipinski definition) is 4. The standard InChI is InChI=1S/C12H8Br2N4OS/c13-7-5-8(20-11(7)14)12(19)15-6-10-17-16-9-3-1-2-4-18(9)10/h1-5H,6H2,(H,15,19). The van der Waals surface area contributed by atoms with Crippen LogP contribution in [0.25, 0.3) is 5.65 Å². The van der Waals surface area contributed by atoms with Gasteiger partial charge in [-0.3, -0.25) is 9.20 Å². The molecule has 102 valence electrons. The smallest absolute Gasteiger partial charge is 0.261 e. The predicted molar refractivity (Wildman–Crippen MR) is 83.9 cm³/mol. The largest absolute Gasteiger partial charge is 0.344 e. The van der Waals surface area contributed by atoms with Crippen LogP contribution in [0.5, 0.6) is 0 Å². The SMILES string of the molecule is O=C(NCc1nnc2ccccn12)c1cc(Br)c(Br)s1. The van der Waals surface area contributed by atoms with Gasteiger partial charge in [0.1, 0.15) is 0 Å². The molecule has 3 aromatic heterocycles. The van der Waals surface area contributed by atoms with Gasteiger partial charge < -0.3 is 5.32 Å². The highest BCUT2D eigenvalue weighted by Crippen LogP contribution is 2.32. The second kappa shape index (κ2) is 5.63. The van der Waals surface area contributed by atoms with Crippen molar-refractivity contribution < 1.29 is 4.79 Å². The molecule has 20 heavy (non-hydrogen) atoms. The first-order chi connectivity index (χ1) is 9.65. The molecule has 0 saturated heterocycles. The molecule has 0 fully saturated rings. The van der Waals surface area contributed by atoms with E-state index in [9.17, 15) is 4.79 Å². The third-order valence-corrected chi connectivity index (χ3v) is 5.92. The Bertz CT molecular complexity index is 763. The fourth-order valence-electron chi connectivity index (χ4n) is 1.72. The van der Waals surface area contributed by atoms with Gasteiger partial charge in [-0.1, -0.05) is 6.07 Å². The number of thiophene rings is 1. The number of nitrogens with one attached hydrogen (secondary N) is 1. The normalized spacial score (nSPS) is 10.9. The van der Waals surface area contributed by atoms with Gasteiger partial charge in [-0.05, 0) is 50.1 Å². The molecule has 0 saturated carbocycles. The average Bonchev–Trinajstić information content (AvgIpc) is 3.01. The molecule has 0 unspecified atom stereocenters. The maximum absolute atomic E-state index is 12.0. The van der Waals surface area contributed by atoms with Gasteiger partial charge in [0.25, 0.3) is 5.91 Å². The van der Waals surface area contributed by atoms with Gasteiger partial charge in [0.05, 0.1) is 15.2 Å². The zero-order chi connectivity index (χ0) is 14.1. The van der Waals surface area contributed by atoms with Crippen molar-refractivity contribution in [1.29, 1.82) is 0 Å². The Balaban J connectivity index is 1.74. The second-order valence-electron chi connectivity index (χ2n) is 3.96. The number of fused-ring (bicyclic) bond motifs is 1. The Hall–Kier alpha value is -1.25. The molecule has 8 heteroatoms. The van der Waals surface area contributed by atoms with Gasteiger partial charge in [0, 0.05) is 10.7 Å². The number of carbonyl (C=O) groups excluding carboxylic acids is 1. The van der Waals surface area contributed by atoms with E-state index in [0.29, 0.717) is 17.2 Å². The summed E-state index contributed by atoms with van der Waals surface area (Å²) >= 11 is 8.11. The zero-order valence-corrected chi connectivity index (χ0v) is 14.0. The van der Waals surface area contributed by atoms with Gasteiger partial charge >= 0.3 is 0 Å². The first-order valence-corrected chi connectivity index (χ1v) is 8.07. The minimum Gasteiger partial charge on any atom is -0.344 e. The summed E-state index contributed by atoms with van der Waals surface area (Å²) in [6.45, 7) is 0.331. The predicted octanol–water partition coefficient (Wildman–Crippen LogP) is 3.25. The topological polar surface area (TPSA) is 59.3 Å². The highest BCUT2D eigenvalue weighted by Gasteiger charge is 2.13. The van der Waals surface area contributed by atoms with Crippen LogP contribution in [0.1, 0.15) is 15.5 Å². The van der Waals surface area contributed by atoms with Crippen molar-refractivity contribution in [3.8, 4) is 0 Å². The number of hydrogen-bond donors (Lipinski definition) is 1. The highest BCUT2D eigenvalue weighted by atomic mass is 79.9. The number of carbonyl (C=O) groups is 1. The third kappa shape index (κ3) is 2.63. The molecule has 3 heterocycles. The van der Waals surface area contributed by atoms with Crippen LogP contribution >= 0.6 is 43.2 Å². The number of nitrogens with zero attached hydrogens (tertiary/aromatic N) is 3. The molecule has 1 amide bonds. The summed E-state index contributed by atoms with van der Waals surface area (Å²) in [4.78, 5) is 12.7. The Morgan fingerprint density at radius 3 is 2.95 bits per heavy atom. The molecule has 0 aliphatic carbocycles. The fourth-order valence-corrected chi connectivity index (χ4v) is 3.67. The van der Waals surface area contributed by atoms with Crippen molar-refractivity contribution in [3.05, 3.63) is 49.4 Å². The average molecular weight is 416 g/mol. The molecule has 0 aliphatic rings. The molecule has 0 aliphatic heterocycles. The van der Waals surface area contributed by atoms with E-state index in [0.717, 1.165) is 13.9 Å². The van der Waals surface area contributed by atoms with E-state index < -0.39 is 0 Å². The molecule has 0 radical (unpaired) electrons. The van der Waals surface area contributed by atoms with Crippen LogP contribution in [0.2, 0.25) is 0 Å². The maximum Gasteiger partial charge on any atom is 0.261 e. The van der Waals surface area contributed by atoms with Crippen LogP contribution in [-0.4, -0.2) is 20.5 Å². The summed E-state index contributed by atoms with van der Waals surface area (Å²) in [5, 5.41) is 10.9. The molecule has 0 bridgehead atoms. The number of amides is 1. The van der Waals surface area contributed by atoms with Crippen molar-refractivity contribution in [2.45, 2.75) is 6.54 Å². The van der Waals surface area contributed by atoms with E-state index >= 15 is 0 Å². The number of aromatic nitrogens is 3. The Kier molecular flexibility index (Phi) is 3.86. The van der Waals surface area contributed by atoms with E-state index in [1.54, 1.807) is 6.07 Å². The summed E-state index contributed by atoms with van der Waals surface area (Å²) in [5.74, 6) is 0.567. The first-order valence-electron chi connectivity index (χ1n) is 5.67. The summed E-state index contributed by atoms with van der Waals surface area (Å²) in [6.07, 6.45) is 1.87. The summed E-state index contributed by atoms with van der Waals surface area (Å²) in [5.41, 5.74) is 0.762. The van der Waals surface area contributed by atoms with Crippen molar-refractivity contribution in [3.63, 3.8) is 0 Å². The molecule has 0 spiro atoms. The third-order valence-electron chi connectivity index (χ3n) is 2.66.